The van der Waals surface area contributed by atoms with Gasteiger partial charge in [-0.3, -0.25) is 19.3 Å². The number of aliphatic hydroxyl groups is 1. The van der Waals surface area contributed by atoms with E-state index in [4.69, 9.17) is 4.74 Å². The molecule has 0 fully saturated rings. The van der Waals surface area contributed by atoms with Crippen molar-refractivity contribution in [1.29, 1.82) is 0 Å². The van der Waals surface area contributed by atoms with E-state index < -0.39 is 23.5 Å². The number of ether oxygens (including phenoxy) is 1. The maximum absolute atomic E-state index is 13.7. The van der Waals surface area contributed by atoms with E-state index in [1.807, 2.05) is 6.92 Å². The van der Waals surface area contributed by atoms with Gasteiger partial charge in [0, 0.05) is 6.92 Å². The molecule has 0 saturated carbocycles. The zero-order valence-electron chi connectivity index (χ0n) is 20.0. The number of hydrogen-bond acceptors (Lipinski definition) is 9. The molecule has 1 aromatic carbocycles. The first kappa shape index (κ1) is 24.7. The third kappa shape index (κ3) is 4.51. The number of aryl methyl sites for hydroxylation is 3. The summed E-state index contributed by atoms with van der Waals surface area (Å²) in [5, 5.41) is 11.9. The number of carbonyl (C=O) groups excluding carboxylic acids is 3. The molecule has 0 aliphatic carbocycles. The lowest BCUT2D eigenvalue weighted by Gasteiger charge is -2.25. The Labute approximate surface area is 210 Å². The molecule has 35 heavy (non-hydrogen) atoms. The summed E-state index contributed by atoms with van der Waals surface area (Å²) in [6, 6.07) is 6.14. The Morgan fingerprint density at radius 2 is 1.83 bits per heavy atom. The van der Waals surface area contributed by atoms with Gasteiger partial charge in [-0.1, -0.05) is 30.4 Å². The summed E-state index contributed by atoms with van der Waals surface area (Å²) in [6.07, 6.45) is 0.818. The van der Waals surface area contributed by atoms with Gasteiger partial charge in [0.25, 0.3) is 5.91 Å². The molecule has 0 radical (unpaired) electrons. The Bertz CT molecular complexity index is 1370. The van der Waals surface area contributed by atoms with Crippen LogP contribution in [0, 0.1) is 20.8 Å². The standard InChI is InChI=1S/C25H25N3O5S2/c1-6-10-33-17-9-7-8-16(11-17)19-18(20(30)23-13(3)26-15(5)34-23)21(31)24(32)28(19)25-27-12(2)22(35-25)14(4)29/h7-9,11,19,31H,6,10H2,1-5H3. The van der Waals surface area contributed by atoms with Gasteiger partial charge in [0.05, 0.1) is 44.4 Å². The van der Waals surface area contributed by atoms with E-state index in [0.717, 1.165) is 17.8 Å². The minimum absolute atomic E-state index is 0.0494. The Morgan fingerprint density at radius 3 is 2.43 bits per heavy atom. The van der Waals surface area contributed by atoms with Gasteiger partial charge in [-0.2, -0.15) is 0 Å². The molecule has 4 rings (SSSR count). The van der Waals surface area contributed by atoms with E-state index >= 15 is 0 Å². The van der Waals surface area contributed by atoms with Crippen LogP contribution in [-0.2, 0) is 4.79 Å². The minimum Gasteiger partial charge on any atom is -0.503 e. The van der Waals surface area contributed by atoms with E-state index in [1.165, 1.54) is 23.2 Å². The van der Waals surface area contributed by atoms with Crippen LogP contribution in [0.25, 0.3) is 0 Å². The number of hydrogen-bond donors (Lipinski definition) is 1. The third-order valence-electron chi connectivity index (χ3n) is 5.52. The van der Waals surface area contributed by atoms with Gasteiger partial charge in [-0.05, 0) is 44.9 Å². The predicted octanol–water partition coefficient (Wildman–Crippen LogP) is 5.30. The van der Waals surface area contributed by atoms with Crippen molar-refractivity contribution in [3.8, 4) is 5.75 Å². The Kier molecular flexibility index (Phi) is 6.86. The van der Waals surface area contributed by atoms with Crippen LogP contribution < -0.4 is 9.64 Å². The number of benzene rings is 1. The first-order chi connectivity index (χ1) is 16.6. The van der Waals surface area contributed by atoms with E-state index in [1.54, 1.807) is 45.0 Å². The summed E-state index contributed by atoms with van der Waals surface area (Å²) in [5.41, 5.74) is 1.55. The number of aliphatic hydroxyl groups excluding tert-OH is 1. The highest BCUT2D eigenvalue weighted by Gasteiger charge is 2.46. The van der Waals surface area contributed by atoms with Gasteiger partial charge in [0.15, 0.2) is 16.7 Å². The number of aromatic nitrogens is 2. The molecule has 0 bridgehead atoms. The van der Waals surface area contributed by atoms with E-state index in [2.05, 4.69) is 9.97 Å². The first-order valence-corrected chi connectivity index (χ1v) is 12.7. The summed E-state index contributed by atoms with van der Waals surface area (Å²) in [4.78, 5) is 50.0. The Hall–Kier alpha value is -3.37. The van der Waals surface area contributed by atoms with Crippen molar-refractivity contribution in [2.75, 3.05) is 11.5 Å². The molecule has 8 nitrogen and oxygen atoms in total. The monoisotopic (exact) mass is 511 g/mol. The van der Waals surface area contributed by atoms with Gasteiger partial charge >= 0.3 is 0 Å². The van der Waals surface area contributed by atoms with Crippen molar-refractivity contribution in [3.63, 3.8) is 0 Å². The van der Waals surface area contributed by atoms with Gasteiger partial charge in [0.2, 0.25) is 5.78 Å². The highest BCUT2D eigenvalue weighted by atomic mass is 32.1. The quantitative estimate of drug-likeness (QED) is 0.409. The second-order valence-corrected chi connectivity index (χ2v) is 10.4. The largest absolute Gasteiger partial charge is 0.503 e. The van der Waals surface area contributed by atoms with Crippen LogP contribution in [0.1, 0.15) is 67.6 Å². The van der Waals surface area contributed by atoms with Gasteiger partial charge in [-0.15, -0.1) is 11.3 Å². The van der Waals surface area contributed by atoms with Gasteiger partial charge in [0.1, 0.15) is 5.75 Å². The predicted molar refractivity (Wildman–Crippen MR) is 135 cm³/mol. The van der Waals surface area contributed by atoms with Crippen LogP contribution >= 0.6 is 22.7 Å². The fourth-order valence-corrected chi connectivity index (χ4v) is 5.88. The van der Waals surface area contributed by atoms with Crippen LogP contribution in [0.2, 0.25) is 0 Å². The van der Waals surface area contributed by atoms with Crippen LogP contribution in [0.5, 0.6) is 5.75 Å². The molecule has 2 aromatic heterocycles. The van der Waals surface area contributed by atoms with Crippen molar-refractivity contribution >= 4 is 45.3 Å². The minimum atomic E-state index is -0.952. The second kappa shape index (κ2) is 9.71. The fourth-order valence-electron chi connectivity index (χ4n) is 4.02. The van der Waals surface area contributed by atoms with Crippen LogP contribution in [0.15, 0.2) is 35.6 Å². The molecule has 10 heteroatoms. The molecule has 3 aromatic rings. The molecule has 0 spiro atoms. The maximum atomic E-state index is 13.7. The number of anilines is 1. The molecule has 1 amide bonds. The first-order valence-electron chi connectivity index (χ1n) is 11.1. The molecule has 182 valence electrons. The molecule has 0 saturated heterocycles. The molecule has 1 unspecified atom stereocenters. The summed E-state index contributed by atoms with van der Waals surface area (Å²) in [7, 11) is 0. The highest BCUT2D eigenvalue weighted by molar-refractivity contribution is 7.17. The molecule has 1 aliphatic heterocycles. The lowest BCUT2D eigenvalue weighted by Crippen LogP contribution is -2.31. The van der Waals surface area contributed by atoms with Gasteiger partial charge in [-0.25, -0.2) is 9.97 Å². The number of amides is 1. The zero-order chi connectivity index (χ0) is 25.4. The second-order valence-electron chi connectivity index (χ2n) is 8.20. The topological polar surface area (TPSA) is 110 Å². The van der Waals surface area contributed by atoms with Crippen molar-refractivity contribution in [2.24, 2.45) is 0 Å². The van der Waals surface area contributed by atoms with Crippen LogP contribution in [0.4, 0.5) is 5.13 Å². The van der Waals surface area contributed by atoms with Crippen molar-refractivity contribution in [2.45, 2.75) is 47.1 Å². The zero-order valence-corrected chi connectivity index (χ0v) is 21.7. The average Bonchev–Trinajstić information content (AvgIpc) is 3.45. The lowest BCUT2D eigenvalue weighted by atomic mass is 9.95. The van der Waals surface area contributed by atoms with Crippen LogP contribution in [-0.4, -0.2) is 39.2 Å². The number of rotatable bonds is 8. The number of nitrogens with zero attached hydrogens (tertiary/aromatic N) is 3. The maximum Gasteiger partial charge on any atom is 0.296 e. The van der Waals surface area contributed by atoms with Crippen LogP contribution in [0.3, 0.4) is 0 Å². The third-order valence-corrected chi connectivity index (χ3v) is 7.85. The summed E-state index contributed by atoms with van der Waals surface area (Å²) in [5.74, 6) is -1.44. The Morgan fingerprint density at radius 1 is 1.11 bits per heavy atom. The summed E-state index contributed by atoms with van der Waals surface area (Å²) >= 11 is 2.27. The highest BCUT2D eigenvalue weighted by Crippen LogP contribution is 2.45. The number of ketones is 2. The normalized spacial score (nSPS) is 15.7. The number of Topliss-reactive ketones (excluding diaryl/α,β-unsaturated/α-hetero) is 2. The molecular formula is C25H25N3O5S2. The van der Waals surface area contributed by atoms with E-state index in [-0.39, 0.29) is 16.5 Å². The SMILES string of the molecule is CCCOc1cccc(C2C(C(=O)c3sc(C)nc3C)=C(O)C(=O)N2c2nc(C)c(C(C)=O)s2)c1. The Balaban J connectivity index is 1.89. The lowest BCUT2D eigenvalue weighted by molar-refractivity contribution is -0.117. The van der Waals surface area contributed by atoms with E-state index in [0.29, 0.717) is 44.1 Å². The van der Waals surface area contributed by atoms with Gasteiger partial charge < -0.3 is 9.84 Å². The molecular weight excluding hydrogens is 486 g/mol. The molecule has 1 N–H and O–H groups in total. The van der Waals surface area contributed by atoms with Crippen molar-refractivity contribution in [3.05, 3.63) is 67.3 Å². The number of carbonyl (C=O) groups is 3. The van der Waals surface area contributed by atoms with E-state index in [9.17, 15) is 19.5 Å². The van der Waals surface area contributed by atoms with Crippen molar-refractivity contribution in [1.82, 2.24) is 9.97 Å². The average molecular weight is 512 g/mol. The molecule has 1 atom stereocenters. The number of thiazole rings is 2. The fraction of sp³-hybridized carbons (Fsp3) is 0.320. The molecule has 3 heterocycles. The molecule has 1 aliphatic rings. The van der Waals surface area contributed by atoms with Crippen molar-refractivity contribution < 1.29 is 24.2 Å². The summed E-state index contributed by atoms with van der Waals surface area (Å²) < 4.78 is 5.77. The summed E-state index contributed by atoms with van der Waals surface area (Å²) in [6.45, 7) is 9.14. The smallest absolute Gasteiger partial charge is 0.296 e.